The van der Waals surface area contributed by atoms with Gasteiger partial charge in [-0.3, -0.25) is 19.5 Å². The third kappa shape index (κ3) is 5.15. The van der Waals surface area contributed by atoms with E-state index in [4.69, 9.17) is 9.72 Å². The molecule has 0 radical (unpaired) electrons. The summed E-state index contributed by atoms with van der Waals surface area (Å²) in [6.07, 6.45) is 3.69. The number of methoxy groups -OCH3 is 1. The number of carbonyl (C=O) groups is 2. The summed E-state index contributed by atoms with van der Waals surface area (Å²) in [6, 6.07) is 24.9. The highest BCUT2D eigenvalue weighted by Crippen LogP contribution is 2.29. The summed E-state index contributed by atoms with van der Waals surface area (Å²) < 4.78 is 7.14. The fourth-order valence-corrected chi connectivity index (χ4v) is 4.18. The first-order valence-electron chi connectivity index (χ1n) is 12.0. The molecule has 182 valence electrons. The van der Waals surface area contributed by atoms with Gasteiger partial charge >= 0.3 is 0 Å². The second-order valence-electron chi connectivity index (χ2n) is 8.97. The van der Waals surface area contributed by atoms with E-state index >= 15 is 0 Å². The average Bonchev–Trinajstić information content (AvgIpc) is 3.67. The Bertz CT molecular complexity index is 1390. The second kappa shape index (κ2) is 10.1. The van der Waals surface area contributed by atoms with Gasteiger partial charge in [-0.25, -0.2) is 4.98 Å². The van der Waals surface area contributed by atoms with Crippen molar-refractivity contribution in [2.24, 2.45) is 0 Å². The minimum absolute atomic E-state index is 0.0535. The Morgan fingerprint density at radius 3 is 2.53 bits per heavy atom. The van der Waals surface area contributed by atoms with E-state index in [1.54, 1.807) is 36.3 Å². The number of ether oxygens (including phenoxy) is 1. The number of aromatic nitrogens is 2. The Kier molecular flexibility index (Phi) is 6.54. The Balaban J connectivity index is 1.41. The van der Waals surface area contributed by atoms with Crippen LogP contribution in [-0.2, 0) is 4.79 Å². The molecule has 1 heterocycles. The molecule has 3 aromatic carbocycles. The number of rotatable bonds is 8. The van der Waals surface area contributed by atoms with Crippen molar-refractivity contribution >= 4 is 17.8 Å². The predicted molar refractivity (Wildman–Crippen MR) is 139 cm³/mol. The molecule has 0 aliphatic heterocycles. The van der Waals surface area contributed by atoms with Crippen molar-refractivity contribution in [1.29, 1.82) is 0 Å². The quantitative estimate of drug-likeness (QED) is 0.381. The van der Waals surface area contributed by atoms with Crippen molar-refractivity contribution in [2.45, 2.75) is 25.8 Å². The highest BCUT2D eigenvalue weighted by Gasteiger charge is 2.34. The monoisotopic (exact) mass is 480 g/mol. The first-order valence-corrected chi connectivity index (χ1v) is 12.0. The van der Waals surface area contributed by atoms with Gasteiger partial charge < -0.3 is 9.64 Å². The van der Waals surface area contributed by atoms with Crippen molar-refractivity contribution in [2.75, 3.05) is 19.0 Å². The standard InChI is InChI=1S/C29H28N4O3/c1-20-8-6-12-24(16-20)33-18-26(21-9-4-3-5-10-21)30-29(33)31-27(34)19-32(23-14-15-23)28(35)22-11-7-13-25(17-22)36-2/h3-13,16-18,23H,14-15,19H2,1-2H3,(H,30,31,34). The van der Waals surface area contributed by atoms with Gasteiger partial charge in [-0.15, -0.1) is 0 Å². The number of hydrogen-bond acceptors (Lipinski definition) is 4. The smallest absolute Gasteiger partial charge is 0.254 e. The number of hydrogen-bond donors (Lipinski definition) is 1. The van der Waals surface area contributed by atoms with Crippen LogP contribution in [-0.4, -0.2) is 46.0 Å². The Hall–Kier alpha value is -4.39. The van der Waals surface area contributed by atoms with Gasteiger partial charge in [-0.1, -0.05) is 48.5 Å². The summed E-state index contributed by atoms with van der Waals surface area (Å²) >= 11 is 0. The molecule has 7 nitrogen and oxygen atoms in total. The molecule has 1 aliphatic carbocycles. The summed E-state index contributed by atoms with van der Waals surface area (Å²) in [5, 5.41) is 2.95. The van der Waals surface area contributed by atoms with Gasteiger partial charge in [0.05, 0.1) is 12.8 Å². The number of aryl methyl sites for hydroxylation is 1. The molecule has 1 saturated carbocycles. The van der Waals surface area contributed by atoms with Crippen LogP contribution in [0.1, 0.15) is 28.8 Å². The predicted octanol–water partition coefficient (Wildman–Crippen LogP) is 5.10. The van der Waals surface area contributed by atoms with E-state index in [-0.39, 0.29) is 24.4 Å². The minimum atomic E-state index is -0.294. The maximum absolute atomic E-state index is 13.3. The van der Waals surface area contributed by atoms with Gasteiger partial charge in [0.15, 0.2) is 0 Å². The van der Waals surface area contributed by atoms with Crippen LogP contribution < -0.4 is 10.1 Å². The Morgan fingerprint density at radius 2 is 1.81 bits per heavy atom. The van der Waals surface area contributed by atoms with E-state index in [0.717, 1.165) is 35.3 Å². The first kappa shape index (κ1) is 23.4. The highest BCUT2D eigenvalue weighted by atomic mass is 16.5. The van der Waals surface area contributed by atoms with Crippen LogP contribution in [0.15, 0.2) is 85.1 Å². The SMILES string of the molecule is COc1cccc(C(=O)N(CC(=O)Nc2nc(-c3ccccc3)cn2-c2cccc(C)c2)C2CC2)c1. The summed E-state index contributed by atoms with van der Waals surface area (Å²) in [4.78, 5) is 32.9. The second-order valence-corrected chi connectivity index (χ2v) is 8.97. The number of nitrogens with zero attached hydrogens (tertiary/aromatic N) is 3. The summed E-state index contributed by atoms with van der Waals surface area (Å²) in [7, 11) is 1.57. The van der Waals surface area contributed by atoms with Crippen molar-refractivity contribution in [1.82, 2.24) is 14.5 Å². The molecule has 0 unspecified atom stereocenters. The number of carbonyl (C=O) groups excluding carboxylic acids is 2. The summed E-state index contributed by atoms with van der Waals surface area (Å²) in [5.74, 6) is 0.541. The Labute approximate surface area is 210 Å². The number of nitrogens with one attached hydrogen (secondary N) is 1. The molecule has 36 heavy (non-hydrogen) atoms. The fourth-order valence-electron chi connectivity index (χ4n) is 4.18. The van der Waals surface area contributed by atoms with E-state index in [2.05, 4.69) is 5.32 Å². The van der Waals surface area contributed by atoms with Gasteiger partial charge in [0.1, 0.15) is 12.3 Å². The lowest BCUT2D eigenvalue weighted by Gasteiger charge is -2.22. The zero-order valence-corrected chi connectivity index (χ0v) is 20.3. The lowest BCUT2D eigenvalue weighted by atomic mass is 10.2. The number of imidazole rings is 1. The number of amides is 2. The van der Waals surface area contributed by atoms with Crippen molar-refractivity contribution in [3.8, 4) is 22.7 Å². The average molecular weight is 481 g/mol. The van der Waals surface area contributed by atoms with Crippen LogP contribution in [0.2, 0.25) is 0 Å². The van der Waals surface area contributed by atoms with E-state index in [1.165, 1.54) is 0 Å². The van der Waals surface area contributed by atoms with Crippen LogP contribution in [0, 0.1) is 6.92 Å². The zero-order valence-electron chi connectivity index (χ0n) is 20.3. The lowest BCUT2D eigenvalue weighted by Crippen LogP contribution is -2.39. The molecule has 0 bridgehead atoms. The zero-order chi connectivity index (χ0) is 25.1. The van der Waals surface area contributed by atoms with Crippen molar-refractivity contribution in [3.63, 3.8) is 0 Å². The van der Waals surface area contributed by atoms with E-state index in [1.807, 2.05) is 72.3 Å². The van der Waals surface area contributed by atoms with Crippen LogP contribution in [0.25, 0.3) is 16.9 Å². The molecule has 0 spiro atoms. The number of anilines is 1. The van der Waals surface area contributed by atoms with Crippen molar-refractivity contribution in [3.05, 3.63) is 96.2 Å². The maximum Gasteiger partial charge on any atom is 0.254 e. The summed E-state index contributed by atoms with van der Waals surface area (Å²) in [5.41, 5.74) is 4.20. The molecule has 1 fully saturated rings. The first-order chi connectivity index (χ1) is 17.5. The van der Waals surface area contributed by atoms with Crippen LogP contribution in [0.4, 0.5) is 5.95 Å². The fraction of sp³-hybridized carbons (Fsp3) is 0.207. The number of benzene rings is 3. The third-order valence-electron chi connectivity index (χ3n) is 6.19. The molecule has 4 aromatic rings. The molecular weight excluding hydrogens is 452 g/mol. The lowest BCUT2D eigenvalue weighted by molar-refractivity contribution is -0.117. The molecular formula is C29H28N4O3. The summed E-state index contributed by atoms with van der Waals surface area (Å²) in [6.45, 7) is 1.97. The molecule has 2 amide bonds. The van der Waals surface area contributed by atoms with Crippen LogP contribution >= 0.6 is 0 Å². The van der Waals surface area contributed by atoms with Gasteiger partial charge in [0, 0.05) is 29.1 Å². The topological polar surface area (TPSA) is 76.5 Å². The minimum Gasteiger partial charge on any atom is -0.497 e. The Morgan fingerprint density at radius 1 is 1.03 bits per heavy atom. The maximum atomic E-state index is 13.3. The molecule has 0 atom stereocenters. The molecule has 1 aliphatic rings. The van der Waals surface area contributed by atoms with E-state index in [0.29, 0.717) is 17.3 Å². The van der Waals surface area contributed by atoms with E-state index < -0.39 is 0 Å². The third-order valence-corrected chi connectivity index (χ3v) is 6.19. The largest absolute Gasteiger partial charge is 0.497 e. The van der Waals surface area contributed by atoms with Crippen molar-refractivity contribution < 1.29 is 14.3 Å². The molecule has 5 rings (SSSR count). The normalized spacial score (nSPS) is 12.7. The molecule has 1 N–H and O–H groups in total. The highest BCUT2D eigenvalue weighted by molar-refractivity contribution is 5.99. The van der Waals surface area contributed by atoms with Gasteiger partial charge in [-0.05, 0) is 55.7 Å². The molecule has 1 aromatic heterocycles. The molecule has 0 saturated heterocycles. The van der Waals surface area contributed by atoms with Gasteiger partial charge in [0.25, 0.3) is 5.91 Å². The van der Waals surface area contributed by atoms with Gasteiger partial charge in [0.2, 0.25) is 11.9 Å². The molecule has 7 heteroatoms. The van der Waals surface area contributed by atoms with Crippen LogP contribution in [0.3, 0.4) is 0 Å². The van der Waals surface area contributed by atoms with Gasteiger partial charge in [-0.2, -0.15) is 0 Å². The van der Waals surface area contributed by atoms with Crippen LogP contribution in [0.5, 0.6) is 5.75 Å². The van der Waals surface area contributed by atoms with E-state index in [9.17, 15) is 9.59 Å².